The van der Waals surface area contributed by atoms with E-state index in [1.54, 1.807) is 24.3 Å². The Morgan fingerprint density at radius 1 is 0.864 bits per heavy atom. The van der Waals surface area contributed by atoms with Crippen LogP contribution < -0.4 is 0 Å². The fraction of sp³-hybridized carbons (Fsp3) is 0.0588. The van der Waals surface area contributed by atoms with Crippen LogP contribution in [0.1, 0.15) is 5.56 Å². The van der Waals surface area contributed by atoms with E-state index in [9.17, 15) is 5.11 Å². The van der Waals surface area contributed by atoms with Crippen LogP contribution in [0, 0.1) is 6.92 Å². The molecule has 5 heteroatoms. The van der Waals surface area contributed by atoms with Crippen LogP contribution in [0.15, 0.2) is 58.8 Å². The molecule has 0 aliphatic rings. The van der Waals surface area contributed by atoms with Crippen LogP contribution >= 0.6 is 23.2 Å². The molecule has 0 radical (unpaired) electrons. The number of phenolic OH excluding ortho intramolecular Hbond substituents is 1. The van der Waals surface area contributed by atoms with Crippen molar-refractivity contribution in [1.82, 2.24) is 0 Å². The van der Waals surface area contributed by atoms with Gasteiger partial charge in [-0.2, -0.15) is 0 Å². The molecule has 0 amide bonds. The van der Waals surface area contributed by atoms with Crippen molar-refractivity contribution >= 4 is 45.3 Å². The summed E-state index contributed by atoms with van der Waals surface area (Å²) in [6.45, 7) is 1.83. The fourth-order valence-corrected chi connectivity index (χ4v) is 2.55. The second-order valence-electron chi connectivity index (χ2n) is 4.90. The second-order valence-corrected chi connectivity index (χ2v) is 5.75. The van der Waals surface area contributed by atoms with Crippen molar-refractivity contribution in [3.05, 3.63) is 64.1 Å². The van der Waals surface area contributed by atoms with Crippen LogP contribution in [0.4, 0.5) is 11.4 Å². The van der Waals surface area contributed by atoms with Crippen molar-refractivity contribution in [2.45, 2.75) is 6.92 Å². The zero-order chi connectivity index (χ0) is 15.7. The first-order valence-electron chi connectivity index (χ1n) is 6.64. The maximum absolute atomic E-state index is 10.1. The van der Waals surface area contributed by atoms with Crippen molar-refractivity contribution in [3.63, 3.8) is 0 Å². The van der Waals surface area contributed by atoms with Gasteiger partial charge in [-0.05, 0) is 36.8 Å². The van der Waals surface area contributed by atoms with Gasteiger partial charge in [-0.25, -0.2) is 0 Å². The van der Waals surface area contributed by atoms with E-state index in [0.29, 0.717) is 21.4 Å². The molecule has 1 N–H and O–H groups in total. The number of aromatic hydroxyl groups is 1. The summed E-state index contributed by atoms with van der Waals surface area (Å²) >= 11 is 12.0. The lowest BCUT2D eigenvalue weighted by Crippen LogP contribution is -1.80. The molecule has 22 heavy (non-hydrogen) atoms. The number of azo groups is 1. The maximum Gasteiger partial charge on any atom is 0.126 e. The number of hydrogen-bond acceptors (Lipinski definition) is 3. The standard InChI is InChI=1S/C17H12Cl2N2O/c1-10-8-15(12-4-2-3-5-13(12)17(10)22)20-21-16-9-11(18)6-7-14(16)19/h2-9,22H,1H3/b21-20+. The minimum Gasteiger partial charge on any atom is -0.507 e. The van der Waals surface area contributed by atoms with Crippen LogP contribution in [-0.4, -0.2) is 5.11 Å². The monoisotopic (exact) mass is 330 g/mol. The number of phenols is 1. The van der Waals surface area contributed by atoms with Gasteiger partial charge in [0.15, 0.2) is 0 Å². The maximum atomic E-state index is 10.1. The Morgan fingerprint density at radius 3 is 2.32 bits per heavy atom. The molecule has 0 saturated heterocycles. The smallest absolute Gasteiger partial charge is 0.126 e. The lowest BCUT2D eigenvalue weighted by molar-refractivity contribution is 0.477. The van der Waals surface area contributed by atoms with Gasteiger partial charge in [0, 0.05) is 15.8 Å². The highest BCUT2D eigenvalue weighted by Gasteiger charge is 2.08. The van der Waals surface area contributed by atoms with Crippen LogP contribution in [-0.2, 0) is 0 Å². The average molecular weight is 331 g/mol. The molecular formula is C17H12Cl2N2O. The highest BCUT2D eigenvalue weighted by molar-refractivity contribution is 6.35. The molecule has 3 aromatic carbocycles. The summed E-state index contributed by atoms with van der Waals surface area (Å²) in [5, 5.41) is 21.2. The average Bonchev–Trinajstić information content (AvgIpc) is 2.52. The van der Waals surface area contributed by atoms with Crippen LogP contribution in [0.5, 0.6) is 5.75 Å². The molecule has 0 heterocycles. The van der Waals surface area contributed by atoms with Crippen molar-refractivity contribution < 1.29 is 5.11 Å². The molecule has 0 unspecified atom stereocenters. The first kappa shape index (κ1) is 14.8. The molecule has 110 valence electrons. The number of benzene rings is 3. The van der Waals surface area contributed by atoms with E-state index in [1.165, 1.54) is 0 Å². The number of hydrogen-bond donors (Lipinski definition) is 1. The second kappa shape index (κ2) is 5.95. The van der Waals surface area contributed by atoms with Crippen LogP contribution in [0.25, 0.3) is 10.8 Å². The van der Waals surface area contributed by atoms with Crippen molar-refractivity contribution in [3.8, 4) is 5.75 Å². The van der Waals surface area contributed by atoms with Gasteiger partial charge in [0.1, 0.15) is 11.4 Å². The van der Waals surface area contributed by atoms with E-state index in [-0.39, 0.29) is 5.75 Å². The van der Waals surface area contributed by atoms with Gasteiger partial charge in [0.25, 0.3) is 0 Å². The first-order chi connectivity index (χ1) is 10.6. The summed E-state index contributed by atoms with van der Waals surface area (Å²) in [6, 6.07) is 14.3. The van der Waals surface area contributed by atoms with Crippen molar-refractivity contribution in [2.75, 3.05) is 0 Å². The summed E-state index contributed by atoms with van der Waals surface area (Å²) < 4.78 is 0. The molecule has 0 bridgehead atoms. The summed E-state index contributed by atoms with van der Waals surface area (Å²) in [6.07, 6.45) is 0. The highest BCUT2D eigenvalue weighted by Crippen LogP contribution is 2.37. The van der Waals surface area contributed by atoms with Crippen LogP contribution in [0.3, 0.4) is 0 Å². The molecule has 0 aliphatic carbocycles. The van der Waals surface area contributed by atoms with Gasteiger partial charge in [-0.3, -0.25) is 0 Å². The molecule has 0 aromatic heterocycles. The highest BCUT2D eigenvalue weighted by atomic mass is 35.5. The van der Waals surface area contributed by atoms with Gasteiger partial charge in [0.2, 0.25) is 0 Å². The Hall–Kier alpha value is -2.10. The van der Waals surface area contributed by atoms with Gasteiger partial charge in [-0.1, -0.05) is 47.5 Å². The Bertz CT molecular complexity index is 891. The zero-order valence-corrected chi connectivity index (χ0v) is 13.2. The van der Waals surface area contributed by atoms with E-state index in [2.05, 4.69) is 10.2 Å². The molecule has 3 aromatic rings. The summed E-state index contributed by atoms with van der Waals surface area (Å²) in [5.41, 5.74) is 1.91. The minimum absolute atomic E-state index is 0.260. The lowest BCUT2D eigenvalue weighted by Gasteiger charge is -2.07. The first-order valence-corrected chi connectivity index (χ1v) is 7.40. The van der Waals surface area contributed by atoms with Crippen LogP contribution in [0.2, 0.25) is 10.0 Å². The van der Waals surface area contributed by atoms with Crippen molar-refractivity contribution in [2.24, 2.45) is 10.2 Å². The summed E-state index contributed by atoms with van der Waals surface area (Å²) in [5.74, 6) is 0.260. The lowest BCUT2D eigenvalue weighted by atomic mass is 10.0. The van der Waals surface area contributed by atoms with E-state index >= 15 is 0 Å². The van der Waals surface area contributed by atoms with E-state index in [0.717, 1.165) is 16.3 Å². The molecule has 0 atom stereocenters. The van der Waals surface area contributed by atoms with Crippen molar-refractivity contribution in [1.29, 1.82) is 0 Å². The van der Waals surface area contributed by atoms with E-state index in [1.807, 2.05) is 31.2 Å². The SMILES string of the molecule is Cc1cc(/N=N/c2cc(Cl)ccc2Cl)c2ccccc2c1O. The zero-order valence-electron chi connectivity index (χ0n) is 11.7. The number of rotatable bonds is 2. The Balaban J connectivity index is 2.13. The quantitative estimate of drug-likeness (QED) is 0.530. The minimum atomic E-state index is 0.260. The predicted molar refractivity (Wildman–Crippen MR) is 91.0 cm³/mol. The third-order valence-corrected chi connectivity index (χ3v) is 3.91. The Kier molecular flexibility index (Phi) is 4.01. The predicted octanol–water partition coefficient (Wildman–Crippen LogP) is 6.58. The summed E-state index contributed by atoms with van der Waals surface area (Å²) in [4.78, 5) is 0. The molecule has 0 aliphatic heterocycles. The fourth-order valence-electron chi connectivity index (χ4n) is 2.23. The van der Waals surface area contributed by atoms with E-state index < -0.39 is 0 Å². The molecule has 0 fully saturated rings. The number of nitrogens with zero attached hydrogens (tertiary/aromatic N) is 2. The van der Waals surface area contributed by atoms with Gasteiger partial charge >= 0.3 is 0 Å². The molecule has 0 saturated carbocycles. The largest absolute Gasteiger partial charge is 0.507 e. The number of fused-ring (bicyclic) bond motifs is 1. The molecule has 0 spiro atoms. The topological polar surface area (TPSA) is 45.0 Å². The molecular weight excluding hydrogens is 319 g/mol. The molecule has 3 rings (SSSR count). The van der Waals surface area contributed by atoms with Gasteiger partial charge in [0.05, 0.1) is 10.7 Å². The number of halogens is 2. The normalized spacial score (nSPS) is 11.4. The third kappa shape index (κ3) is 2.78. The summed E-state index contributed by atoms with van der Waals surface area (Å²) in [7, 11) is 0. The van der Waals surface area contributed by atoms with Gasteiger partial charge in [-0.15, -0.1) is 10.2 Å². The Morgan fingerprint density at radius 2 is 1.55 bits per heavy atom. The molecule has 3 nitrogen and oxygen atoms in total. The van der Waals surface area contributed by atoms with E-state index in [4.69, 9.17) is 23.2 Å². The Labute approximate surface area is 137 Å². The third-order valence-electron chi connectivity index (χ3n) is 3.36. The van der Waals surface area contributed by atoms with Gasteiger partial charge < -0.3 is 5.11 Å². The number of aryl methyl sites for hydroxylation is 1.